The number of benzene rings is 1. The van der Waals surface area contributed by atoms with Crippen molar-refractivity contribution in [1.29, 1.82) is 0 Å². The molecule has 0 saturated heterocycles. The van der Waals surface area contributed by atoms with Crippen LogP contribution in [0.3, 0.4) is 0 Å². The summed E-state index contributed by atoms with van der Waals surface area (Å²) in [7, 11) is 1.72. The minimum Gasteiger partial charge on any atom is -0.321 e. The fourth-order valence-corrected chi connectivity index (χ4v) is 2.67. The summed E-state index contributed by atoms with van der Waals surface area (Å²) in [5.41, 5.74) is 2.87. The third kappa shape index (κ3) is 3.64. The van der Waals surface area contributed by atoms with Gasteiger partial charge in [-0.1, -0.05) is 6.07 Å². The van der Waals surface area contributed by atoms with Crippen LogP contribution in [0, 0.1) is 6.92 Å². The van der Waals surface area contributed by atoms with Crippen molar-refractivity contribution in [2.45, 2.75) is 20.4 Å². The lowest BCUT2D eigenvalue weighted by Gasteiger charge is -2.09. The summed E-state index contributed by atoms with van der Waals surface area (Å²) in [4.78, 5) is 24.8. The van der Waals surface area contributed by atoms with E-state index in [4.69, 9.17) is 0 Å². The lowest BCUT2D eigenvalue weighted by molar-refractivity contribution is 0.101. The molecule has 0 unspecified atom stereocenters. The molecule has 0 aliphatic rings. The van der Waals surface area contributed by atoms with E-state index >= 15 is 0 Å². The molecule has 0 aliphatic carbocycles. The van der Waals surface area contributed by atoms with Crippen molar-refractivity contribution < 1.29 is 9.59 Å². The molecule has 8 heteroatoms. The monoisotopic (exact) mass is 352 g/mol. The zero-order valence-electron chi connectivity index (χ0n) is 14.9. The van der Waals surface area contributed by atoms with Crippen molar-refractivity contribution in [2.24, 2.45) is 7.05 Å². The summed E-state index contributed by atoms with van der Waals surface area (Å²) in [5.74, 6) is -0.518. The number of hydrogen-bond acceptors (Lipinski definition) is 4. The van der Waals surface area contributed by atoms with Gasteiger partial charge >= 0.3 is 0 Å². The van der Waals surface area contributed by atoms with E-state index in [2.05, 4.69) is 20.8 Å². The van der Waals surface area contributed by atoms with E-state index in [0.29, 0.717) is 29.3 Å². The molecule has 1 aromatic carbocycles. The number of hydrogen-bond donors (Lipinski definition) is 2. The van der Waals surface area contributed by atoms with Gasteiger partial charge < -0.3 is 10.6 Å². The summed E-state index contributed by atoms with van der Waals surface area (Å²) in [5, 5.41) is 13.9. The molecule has 2 amide bonds. The molecule has 26 heavy (non-hydrogen) atoms. The number of nitrogens with zero attached hydrogens (tertiary/aromatic N) is 4. The highest BCUT2D eigenvalue weighted by molar-refractivity contribution is 6.05. The van der Waals surface area contributed by atoms with Gasteiger partial charge in [0.1, 0.15) is 11.4 Å². The van der Waals surface area contributed by atoms with E-state index in [9.17, 15) is 9.59 Å². The van der Waals surface area contributed by atoms with Crippen LogP contribution in [-0.4, -0.2) is 31.4 Å². The van der Waals surface area contributed by atoms with Gasteiger partial charge in [-0.15, -0.1) is 0 Å². The highest BCUT2D eigenvalue weighted by Crippen LogP contribution is 2.17. The first-order chi connectivity index (χ1) is 12.5. The Morgan fingerprint density at radius 2 is 1.69 bits per heavy atom. The SMILES string of the molecule is CCn1nccc1C(=O)Nc1cccc(NC(=O)c2cc(C)nn2C)c1. The molecule has 0 saturated carbocycles. The summed E-state index contributed by atoms with van der Waals surface area (Å²) in [6.45, 7) is 4.35. The van der Waals surface area contributed by atoms with Gasteiger partial charge in [0.25, 0.3) is 11.8 Å². The maximum absolute atomic E-state index is 12.4. The second-order valence-electron chi connectivity index (χ2n) is 5.82. The lowest BCUT2D eigenvalue weighted by Crippen LogP contribution is -2.18. The molecule has 3 rings (SSSR count). The first kappa shape index (κ1) is 17.4. The minimum absolute atomic E-state index is 0.255. The zero-order valence-corrected chi connectivity index (χ0v) is 14.9. The van der Waals surface area contributed by atoms with Crippen LogP contribution < -0.4 is 10.6 Å². The maximum Gasteiger partial charge on any atom is 0.273 e. The van der Waals surface area contributed by atoms with E-state index < -0.39 is 0 Å². The predicted molar refractivity (Wildman–Crippen MR) is 98.2 cm³/mol. The van der Waals surface area contributed by atoms with Gasteiger partial charge in [0.15, 0.2) is 0 Å². The highest BCUT2D eigenvalue weighted by Gasteiger charge is 2.14. The Balaban J connectivity index is 1.73. The average Bonchev–Trinajstić information content (AvgIpc) is 3.21. The van der Waals surface area contributed by atoms with Gasteiger partial charge in [0.05, 0.1) is 5.69 Å². The van der Waals surface area contributed by atoms with E-state index in [1.807, 2.05) is 13.8 Å². The highest BCUT2D eigenvalue weighted by atomic mass is 16.2. The van der Waals surface area contributed by atoms with E-state index in [1.54, 1.807) is 54.3 Å². The van der Waals surface area contributed by atoms with Crippen LogP contribution >= 0.6 is 0 Å². The molecule has 8 nitrogen and oxygen atoms in total. The fourth-order valence-electron chi connectivity index (χ4n) is 2.67. The second kappa shape index (κ2) is 7.22. The van der Waals surface area contributed by atoms with Crippen LogP contribution in [0.15, 0.2) is 42.6 Å². The summed E-state index contributed by atoms with van der Waals surface area (Å²) >= 11 is 0. The largest absolute Gasteiger partial charge is 0.321 e. The van der Waals surface area contributed by atoms with E-state index in [-0.39, 0.29) is 11.8 Å². The zero-order chi connectivity index (χ0) is 18.7. The standard InChI is InChI=1S/C18H20N6O2/c1-4-24-15(8-9-19-24)17(25)20-13-6-5-7-14(11-13)21-18(26)16-10-12(2)22-23(16)3/h5-11H,4H2,1-3H3,(H,20,25)(H,21,26). The third-order valence-corrected chi connectivity index (χ3v) is 3.86. The van der Waals surface area contributed by atoms with Crippen molar-refractivity contribution >= 4 is 23.2 Å². The number of carbonyl (C=O) groups is 2. The van der Waals surface area contributed by atoms with Gasteiger partial charge in [-0.25, -0.2) is 0 Å². The Morgan fingerprint density at radius 1 is 1.04 bits per heavy atom. The van der Waals surface area contributed by atoms with Crippen molar-refractivity contribution in [3.63, 3.8) is 0 Å². The Labute approximate surface area is 150 Å². The first-order valence-corrected chi connectivity index (χ1v) is 8.23. The van der Waals surface area contributed by atoms with Crippen LogP contribution in [0.5, 0.6) is 0 Å². The molecule has 0 bridgehead atoms. The van der Waals surface area contributed by atoms with Crippen LogP contribution in [0.1, 0.15) is 33.6 Å². The Kier molecular flexibility index (Phi) is 4.83. The van der Waals surface area contributed by atoms with Gasteiger partial charge in [0, 0.05) is 31.2 Å². The summed E-state index contributed by atoms with van der Waals surface area (Å²) in [6.07, 6.45) is 1.59. The number of rotatable bonds is 5. The lowest BCUT2D eigenvalue weighted by atomic mass is 10.2. The molecular weight excluding hydrogens is 332 g/mol. The summed E-state index contributed by atoms with van der Waals surface area (Å²) in [6, 6.07) is 10.4. The van der Waals surface area contributed by atoms with Crippen molar-refractivity contribution in [3.05, 3.63) is 59.7 Å². The van der Waals surface area contributed by atoms with Gasteiger partial charge in [-0.2, -0.15) is 10.2 Å². The predicted octanol–water partition coefficient (Wildman–Crippen LogP) is 2.45. The minimum atomic E-state index is -0.263. The molecule has 0 spiro atoms. The van der Waals surface area contributed by atoms with Crippen LogP contribution in [0.25, 0.3) is 0 Å². The van der Waals surface area contributed by atoms with Gasteiger partial charge in [0.2, 0.25) is 0 Å². The van der Waals surface area contributed by atoms with Gasteiger partial charge in [-0.3, -0.25) is 19.0 Å². The number of amides is 2. The quantitative estimate of drug-likeness (QED) is 0.737. The molecule has 2 heterocycles. The van der Waals surface area contributed by atoms with Crippen molar-refractivity contribution in [3.8, 4) is 0 Å². The van der Waals surface area contributed by atoms with Crippen LogP contribution in [0.4, 0.5) is 11.4 Å². The van der Waals surface area contributed by atoms with E-state index in [0.717, 1.165) is 5.69 Å². The molecule has 0 atom stereocenters. The molecule has 0 fully saturated rings. The number of aromatic nitrogens is 4. The van der Waals surface area contributed by atoms with Crippen LogP contribution in [-0.2, 0) is 13.6 Å². The molecule has 0 radical (unpaired) electrons. The molecule has 3 aromatic rings. The number of carbonyl (C=O) groups excluding carboxylic acids is 2. The smallest absolute Gasteiger partial charge is 0.273 e. The number of nitrogens with one attached hydrogen (secondary N) is 2. The third-order valence-electron chi connectivity index (χ3n) is 3.86. The van der Waals surface area contributed by atoms with Gasteiger partial charge in [-0.05, 0) is 44.2 Å². The molecule has 2 aromatic heterocycles. The van der Waals surface area contributed by atoms with E-state index in [1.165, 1.54) is 4.68 Å². The second-order valence-corrected chi connectivity index (χ2v) is 5.82. The fraction of sp³-hybridized carbons (Fsp3) is 0.222. The normalized spacial score (nSPS) is 10.6. The Hall–Kier alpha value is -3.42. The Morgan fingerprint density at radius 3 is 2.27 bits per heavy atom. The van der Waals surface area contributed by atoms with Crippen LogP contribution in [0.2, 0.25) is 0 Å². The van der Waals surface area contributed by atoms with Crippen molar-refractivity contribution in [1.82, 2.24) is 19.6 Å². The first-order valence-electron chi connectivity index (χ1n) is 8.23. The van der Waals surface area contributed by atoms with Crippen molar-refractivity contribution in [2.75, 3.05) is 10.6 Å². The average molecular weight is 352 g/mol. The number of anilines is 2. The molecular formula is C18H20N6O2. The topological polar surface area (TPSA) is 93.8 Å². The maximum atomic E-state index is 12.4. The molecule has 2 N–H and O–H groups in total. The molecule has 134 valence electrons. The molecule has 0 aliphatic heterocycles. The summed E-state index contributed by atoms with van der Waals surface area (Å²) < 4.78 is 3.15. The number of aryl methyl sites for hydroxylation is 3. The Bertz CT molecular complexity index is 956.